The zero-order chi connectivity index (χ0) is 22.0. The lowest BCUT2D eigenvalue weighted by Gasteiger charge is -2.19. The van der Waals surface area contributed by atoms with Crippen molar-refractivity contribution in [1.82, 2.24) is 15.0 Å². The van der Waals surface area contributed by atoms with Gasteiger partial charge in [-0.2, -0.15) is 4.98 Å². The summed E-state index contributed by atoms with van der Waals surface area (Å²) < 4.78 is 11.5. The lowest BCUT2D eigenvalue weighted by Crippen LogP contribution is -2.09. The molecule has 0 amide bonds. The van der Waals surface area contributed by atoms with Crippen molar-refractivity contribution in [2.24, 2.45) is 0 Å². The number of nitrogens with one attached hydrogen (secondary N) is 1. The Morgan fingerprint density at radius 2 is 1.97 bits per heavy atom. The van der Waals surface area contributed by atoms with Gasteiger partial charge >= 0.3 is 0 Å². The molecule has 0 aliphatic heterocycles. The highest BCUT2D eigenvalue weighted by molar-refractivity contribution is 6.00. The summed E-state index contributed by atoms with van der Waals surface area (Å²) in [5.41, 5.74) is 16.9. The van der Waals surface area contributed by atoms with E-state index in [1.165, 1.54) is 0 Å². The van der Waals surface area contributed by atoms with Gasteiger partial charge in [-0.25, -0.2) is 4.98 Å². The lowest BCUT2D eigenvalue weighted by atomic mass is 9.89. The van der Waals surface area contributed by atoms with Gasteiger partial charge in [0, 0.05) is 34.8 Å². The molecule has 7 heteroatoms. The fourth-order valence-corrected chi connectivity index (χ4v) is 4.06. The topological polar surface area (TPSA) is 112 Å². The molecule has 2 aromatic heterocycles. The Morgan fingerprint density at radius 3 is 2.68 bits per heavy atom. The summed E-state index contributed by atoms with van der Waals surface area (Å²) in [5, 5.41) is 1.04. The summed E-state index contributed by atoms with van der Waals surface area (Å²) in [6, 6.07) is 12.2. The van der Waals surface area contributed by atoms with Gasteiger partial charge in [-0.1, -0.05) is 19.1 Å². The summed E-state index contributed by atoms with van der Waals surface area (Å²) in [7, 11) is 1.67. The zero-order valence-corrected chi connectivity index (χ0v) is 18.0. The maximum Gasteiger partial charge on any atom is 0.221 e. The van der Waals surface area contributed by atoms with Crippen molar-refractivity contribution < 1.29 is 9.47 Å². The molecule has 0 fully saturated rings. The van der Waals surface area contributed by atoms with Gasteiger partial charge in [0.25, 0.3) is 0 Å². The van der Waals surface area contributed by atoms with Crippen LogP contribution in [0.1, 0.15) is 37.3 Å². The third-order valence-electron chi connectivity index (χ3n) is 5.50. The van der Waals surface area contributed by atoms with Gasteiger partial charge in [0.1, 0.15) is 17.3 Å². The van der Waals surface area contributed by atoms with Crippen LogP contribution in [0.5, 0.6) is 11.5 Å². The molecule has 31 heavy (non-hydrogen) atoms. The number of H-pyrrole nitrogens is 1. The molecule has 0 radical (unpaired) electrons. The molecule has 7 nitrogen and oxygen atoms in total. The molecule has 4 aromatic rings. The van der Waals surface area contributed by atoms with Crippen molar-refractivity contribution in [2.75, 3.05) is 25.2 Å². The molecule has 0 saturated carbocycles. The van der Waals surface area contributed by atoms with Crippen molar-refractivity contribution in [2.45, 2.75) is 26.2 Å². The van der Waals surface area contributed by atoms with Crippen molar-refractivity contribution in [3.63, 3.8) is 0 Å². The summed E-state index contributed by atoms with van der Waals surface area (Å²) in [6.07, 6.45) is 4.55. The number of anilines is 2. The Morgan fingerprint density at radius 1 is 1.13 bits per heavy atom. The van der Waals surface area contributed by atoms with Crippen LogP contribution in [0.25, 0.3) is 22.0 Å². The first-order valence-electron chi connectivity index (χ1n) is 10.4. The Balaban J connectivity index is 1.87. The number of ether oxygens (including phenoxy) is 2. The quantitative estimate of drug-likeness (QED) is 0.400. The Labute approximate surface area is 181 Å². The Hall–Kier alpha value is -3.74. The van der Waals surface area contributed by atoms with Gasteiger partial charge in [0.05, 0.1) is 19.2 Å². The molecular formula is C24H27N5O2. The molecule has 0 aliphatic rings. The van der Waals surface area contributed by atoms with Crippen LogP contribution in [0.3, 0.4) is 0 Å². The second-order valence-corrected chi connectivity index (χ2v) is 7.34. The van der Waals surface area contributed by atoms with Crippen LogP contribution in [-0.2, 0) is 0 Å². The number of fused-ring (bicyclic) bond motifs is 1. The van der Waals surface area contributed by atoms with Gasteiger partial charge in [0.15, 0.2) is 0 Å². The second kappa shape index (κ2) is 8.55. The molecule has 1 atom stereocenters. The highest BCUT2D eigenvalue weighted by Crippen LogP contribution is 2.41. The number of hydrogen-bond acceptors (Lipinski definition) is 6. The molecule has 1 unspecified atom stereocenters. The minimum Gasteiger partial charge on any atom is -0.497 e. The fourth-order valence-electron chi connectivity index (χ4n) is 4.06. The highest BCUT2D eigenvalue weighted by atomic mass is 16.5. The third-order valence-corrected chi connectivity index (χ3v) is 5.50. The number of aromatic nitrogens is 3. The van der Waals surface area contributed by atoms with E-state index in [-0.39, 0.29) is 11.9 Å². The first-order valence-corrected chi connectivity index (χ1v) is 10.4. The van der Waals surface area contributed by atoms with Crippen LogP contribution >= 0.6 is 0 Å². The van der Waals surface area contributed by atoms with Gasteiger partial charge in [-0.15, -0.1) is 0 Å². The van der Waals surface area contributed by atoms with Crippen LogP contribution < -0.4 is 20.9 Å². The molecule has 0 aliphatic carbocycles. The Kier molecular flexibility index (Phi) is 5.66. The maximum absolute atomic E-state index is 6.17. The minimum atomic E-state index is 0.0211. The van der Waals surface area contributed by atoms with Crippen molar-refractivity contribution in [3.05, 3.63) is 59.9 Å². The molecule has 160 valence electrons. The average Bonchev–Trinajstić information content (AvgIpc) is 3.20. The van der Waals surface area contributed by atoms with E-state index in [4.69, 9.17) is 20.9 Å². The molecule has 2 aromatic carbocycles. The predicted octanol–water partition coefficient (Wildman–Crippen LogP) is 4.74. The number of rotatable bonds is 7. The third kappa shape index (κ3) is 3.86. The average molecular weight is 418 g/mol. The minimum absolute atomic E-state index is 0.0211. The molecule has 0 saturated heterocycles. The monoisotopic (exact) mass is 417 g/mol. The number of nitrogen functional groups attached to an aromatic ring is 2. The van der Waals surface area contributed by atoms with Crippen molar-refractivity contribution in [1.29, 1.82) is 0 Å². The lowest BCUT2D eigenvalue weighted by molar-refractivity contribution is 0.344. The predicted molar refractivity (Wildman–Crippen MR) is 124 cm³/mol. The van der Waals surface area contributed by atoms with E-state index < -0.39 is 0 Å². The normalized spacial score (nSPS) is 12.1. The number of methoxy groups -OCH3 is 1. The zero-order valence-electron chi connectivity index (χ0n) is 18.0. The molecular weight excluding hydrogens is 390 g/mol. The summed E-state index contributed by atoms with van der Waals surface area (Å²) >= 11 is 0. The number of nitrogens with two attached hydrogens (primary N) is 2. The molecule has 5 N–H and O–H groups in total. The fraction of sp³-hybridized carbons (Fsp3) is 0.250. The molecule has 0 spiro atoms. The van der Waals surface area contributed by atoms with Crippen LogP contribution in [0, 0.1) is 0 Å². The van der Waals surface area contributed by atoms with E-state index in [2.05, 4.69) is 40.1 Å². The van der Waals surface area contributed by atoms with E-state index in [0.29, 0.717) is 12.4 Å². The second-order valence-electron chi connectivity index (χ2n) is 7.34. The first kappa shape index (κ1) is 20.5. The van der Waals surface area contributed by atoms with Crippen LogP contribution in [0.4, 0.5) is 11.8 Å². The number of aromatic amines is 1. The maximum atomic E-state index is 6.17. The molecule has 4 rings (SSSR count). The van der Waals surface area contributed by atoms with E-state index in [0.717, 1.165) is 51.1 Å². The largest absolute Gasteiger partial charge is 0.497 e. The SMILES string of the molecule is CCOc1cc(C(CC)c2cnc(N)nc2N)cc2[nH]cc(-c3cccc(OC)c3)c12. The number of nitrogens with zero attached hydrogens (tertiary/aromatic N) is 2. The standard InChI is InChI=1S/C24H27N5O2/c1-4-17(19-13-28-24(26)29-23(19)25)15-10-20-22(21(11-15)31-5-2)18(12-27-20)14-7-6-8-16(9-14)30-3/h6-13,17,27H,4-5H2,1-3H3,(H4,25,26,28,29). The summed E-state index contributed by atoms with van der Waals surface area (Å²) in [4.78, 5) is 11.7. The van der Waals surface area contributed by atoms with E-state index in [1.807, 2.05) is 31.3 Å². The first-order chi connectivity index (χ1) is 15.0. The Bertz CT molecular complexity index is 1220. The molecule has 0 bridgehead atoms. The smallest absolute Gasteiger partial charge is 0.221 e. The van der Waals surface area contributed by atoms with Crippen LogP contribution in [0.15, 0.2) is 48.8 Å². The highest BCUT2D eigenvalue weighted by Gasteiger charge is 2.21. The van der Waals surface area contributed by atoms with Crippen LogP contribution in [-0.4, -0.2) is 28.7 Å². The van der Waals surface area contributed by atoms with Crippen molar-refractivity contribution >= 4 is 22.7 Å². The number of hydrogen-bond donors (Lipinski definition) is 3. The van der Waals surface area contributed by atoms with Gasteiger partial charge < -0.3 is 25.9 Å². The van der Waals surface area contributed by atoms with E-state index in [1.54, 1.807) is 13.3 Å². The summed E-state index contributed by atoms with van der Waals surface area (Å²) in [6.45, 7) is 4.66. The van der Waals surface area contributed by atoms with Crippen LogP contribution in [0.2, 0.25) is 0 Å². The molecule has 2 heterocycles. The van der Waals surface area contributed by atoms with Gasteiger partial charge in [-0.05, 0) is 48.7 Å². The van der Waals surface area contributed by atoms with E-state index in [9.17, 15) is 0 Å². The van der Waals surface area contributed by atoms with Gasteiger partial charge in [0.2, 0.25) is 5.95 Å². The van der Waals surface area contributed by atoms with Crippen molar-refractivity contribution in [3.8, 4) is 22.6 Å². The summed E-state index contributed by atoms with van der Waals surface area (Å²) in [5.74, 6) is 2.23. The van der Waals surface area contributed by atoms with E-state index >= 15 is 0 Å². The number of benzene rings is 2. The van der Waals surface area contributed by atoms with Gasteiger partial charge in [-0.3, -0.25) is 0 Å².